The molecule has 0 atom stereocenters. The lowest BCUT2D eigenvalue weighted by molar-refractivity contribution is 0.0948. The number of phenolic OH excluding ortho intramolecular Hbond substituents is 1. The molecule has 3 rings (SSSR count). The maximum Gasteiger partial charge on any atom is 0.255 e. The van der Waals surface area contributed by atoms with E-state index in [1.165, 1.54) is 0 Å². The van der Waals surface area contributed by atoms with Crippen molar-refractivity contribution in [3.05, 3.63) is 53.2 Å². The number of aromatic nitrogens is 1. The first-order chi connectivity index (χ1) is 12.5. The lowest BCUT2D eigenvalue weighted by Gasteiger charge is -2.24. The van der Waals surface area contributed by atoms with Crippen molar-refractivity contribution in [2.24, 2.45) is 0 Å². The van der Waals surface area contributed by atoms with Crippen LogP contribution >= 0.6 is 0 Å². The zero-order valence-electron chi connectivity index (χ0n) is 15.4. The second kappa shape index (κ2) is 8.19. The van der Waals surface area contributed by atoms with E-state index < -0.39 is 0 Å². The molecule has 1 aliphatic heterocycles. The molecule has 2 N–H and O–H groups in total. The van der Waals surface area contributed by atoms with Crippen molar-refractivity contribution in [3.63, 3.8) is 0 Å². The maximum absolute atomic E-state index is 12.4. The average Bonchev–Trinajstić information content (AvgIpc) is 2.84. The Balaban J connectivity index is 1.71. The predicted molar refractivity (Wildman–Crippen MR) is 103 cm³/mol. The van der Waals surface area contributed by atoms with Gasteiger partial charge in [0.15, 0.2) is 0 Å². The molecule has 0 radical (unpaired) electrons. The number of aryl methyl sites for hydroxylation is 1. The number of nitrogens with one attached hydrogen (secondary N) is 1. The van der Waals surface area contributed by atoms with Gasteiger partial charge in [0.2, 0.25) is 0 Å². The highest BCUT2D eigenvalue weighted by Crippen LogP contribution is 2.21. The van der Waals surface area contributed by atoms with Gasteiger partial charge in [-0.3, -0.25) is 4.79 Å². The van der Waals surface area contributed by atoms with Crippen LogP contribution in [0.4, 0.5) is 5.82 Å². The Morgan fingerprint density at radius 3 is 2.88 bits per heavy atom. The highest BCUT2D eigenvalue weighted by molar-refractivity contribution is 5.96. The van der Waals surface area contributed by atoms with E-state index in [1.54, 1.807) is 18.3 Å². The van der Waals surface area contributed by atoms with Crippen LogP contribution in [0.15, 0.2) is 36.5 Å². The smallest absolute Gasteiger partial charge is 0.255 e. The van der Waals surface area contributed by atoms with Gasteiger partial charge in [0.25, 0.3) is 5.91 Å². The molecule has 1 aromatic carbocycles. The van der Waals surface area contributed by atoms with Crippen molar-refractivity contribution in [2.45, 2.75) is 19.9 Å². The number of hydrogen-bond acceptors (Lipinski definition) is 5. The lowest BCUT2D eigenvalue weighted by Crippen LogP contribution is -2.31. The van der Waals surface area contributed by atoms with Gasteiger partial charge in [-0.05, 0) is 50.7 Å². The van der Waals surface area contributed by atoms with E-state index in [2.05, 4.69) is 27.1 Å². The molecule has 6 heteroatoms. The molecular formula is C20H26N4O2. The molecule has 1 aromatic heterocycles. The van der Waals surface area contributed by atoms with Crippen LogP contribution in [0.25, 0.3) is 0 Å². The Morgan fingerprint density at radius 1 is 1.23 bits per heavy atom. The zero-order chi connectivity index (χ0) is 18.5. The summed E-state index contributed by atoms with van der Waals surface area (Å²) in [6.07, 6.45) is 2.89. The van der Waals surface area contributed by atoms with Gasteiger partial charge in [0.05, 0.1) is 5.56 Å². The molecule has 1 saturated heterocycles. The summed E-state index contributed by atoms with van der Waals surface area (Å²) in [7, 11) is 2.14. The average molecular weight is 354 g/mol. The summed E-state index contributed by atoms with van der Waals surface area (Å²) in [6, 6.07) is 8.94. The summed E-state index contributed by atoms with van der Waals surface area (Å²) in [5, 5.41) is 12.9. The minimum atomic E-state index is -0.284. The number of benzene rings is 1. The highest BCUT2D eigenvalue weighted by atomic mass is 16.3. The fraction of sp³-hybridized carbons (Fsp3) is 0.400. The molecule has 0 spiro atoms. The van der Waals surface area contributed by atoms with Crippen LogP contribution in [0.5, 0.6) is 5.75 Å². The maximum atomic E-state index is 12.4. The summed E-state index contributed by atoms with van der Waals surface area (Å²) in [4.78, 5) is 21.6. The van der Waals surface area contributed by atoms with Gasteiger partial charge >= 0.3 is 0 Å². The number of pyridine rings is 1. The fourth-order valence-corrected chi connectivity index (χ4v) is 3.22. The fourth-order valence-electron chi connectivity index (χ4n) is 3.22. The second-order valence-electron chi connectivity index (χ2n) is 6.83. The number of carbonyl (C=O) groups excluding carboxylic acids is 1. The Labute approximate surface area is 154 Å². The largest absolute Gasteiger partial charge is 0.507 e. The number of likely N-dealkylation sites (N-methyl/N-ethyl adjacent to an activating group) is 1. The van der Waals surface area contributed by atoms with Crippen molar-refractivity contribution in [3.8, 4) is 5.75 Å². The number of phenols is 1. The standard InChI is InChI=1S/C20H26N4O2/c1-15-6-7-17(18(25)13-15)20(26)22-14-16-5-3-8-21-19(16)24-10-4-9-23(2)11-12-24/h3,5-8,13,25H,4,9-12,14H2,1-2H3,(H,22,26). The normalized spacial score (nSPS) is 15.5. The van der Waals surface area contributed by atoms with Crippen molar-refractivity contribution in [1.29, 1.82) is 0 Å². The molecular weight excluding hydrogens is 328 g/mol. The van der Waals surface area contributed by atoms with Crippen molar-refractivity contribution >= 4 is 11.7 Å². The predicted octanol–water partition coefficient (Wildman–Crippen LogP) is 2.17. The van der Waals surface area contributed by atoms with Crippen LogP contribution in [0, 0.1) is 6.92 Å². The number of amides is 1. The minimum absolute atomic E-state index is 0.00413. The van der Waals surface area contributed by atoms with E-state index in [1.807, 2.05) is 25.1 Å². The molecule has 0 bridgehead atoms. The number of nitrogens with zero attached hydrogens (tertiary/aromatic N) is 3. The van der Waals surface area contributed by atoms with Crippen LogP contribution < -0.4 is 10.2 Å². The van der Waals surface area contributed by atoms with E-state index in [9.17, 15) is 9.90 Å². The molecule has 0 unspecified atom stereocenters. The third-order valence-electron chi connectivity index (χ3n) is 4.72. The van der Waals surface area contributed by atoms with E-state index >= 15 is 0 Å². The summed E-state index contributed by atoms with van der Waals surface area (Å²) >= 11 is 0. The molecule has 1 fully saturated rings. The van der Waals surface area contributed by atoms with Gasteiger partial charge < -0.3 is 20.2 Å². The quantitative estimate of drug-likeness (QED) is 0.881. The molecule has 0 aliphatic carbocycles. The number of aromatic hydroxyl groups is 1. The van der Waals surface area contributed by atoms with Crippen LogP contribution in [-0.2, 0) is 6.54 Å². The van der Waals surface area contributed by atoms with Gasteiger partial charge in [-0.1, -0.05) is 12.1 Å². The summed E-state index contributed by atoms with van der Waals surface area (Å²) in [5.41, 5.74) is 2.19. The van der Waals surface area contributed by atoms with Gasteiger partial charge in [0.1, 0.15) is 11.6 Å². The van der Waals surface area contributed by atoms with Crippen LogP contribution in [0.2, 0.25) is 0 Å². The molecule has 6 nitrogen and oxygen atoms in total. The first kappa shape index (κ1) is 18.2. The number of hydrogen-bond donors (Lipinski definition) is 2. The van der Waals surface area contributed by atoms with E-state index in [0.29, 0.717) is 6.54 Å². The first-order valence-electron chi connectivity index (χ1n) is 9.00. The Hall–Kier alpha value is -2.60. The Kier molecular flexibility index (Phi) is 5.73. The van der Waals surface area contributed by atoms with E-state index in [4.69, 9.17) is 0 Å². The number of carbonyl (C=O) groups is 1. The second-order valence-corrected chi connectivity index (χ2v) is 6.83. The van der Waals surface area contributed by atoms with Gasteiger partial charge in [-0.15, -0.1) is 0 Å². The van der Waals surface area contributed by atoms with Crippen molar-refractivity contribution < 1.29 is 9.90 Å². The van der Waals surface area contributed by atoms with Crippen LogP contribution in [0.3, 0.4) is 0 Å². The van der Waals surface area contributed by atoms with Crippen molar-refractivity contribution in [1.82, 2.24) is 15.2 Å². The summed E-state index contributed by atoms with van der Waals surface area (Å²) in [6.45, 7) is 6.22. The zero-order valence-corrected chi connectivity index (χ0v) is 15.4. The SMILES string of the molecule is Cc1ccc(C(=O)NCc2cccnc2N2CCCN(C)CC2)c(O)c1. The third kappa shape index (κ3) is 4.32. The Morgan fingerprint density at radius 2 is 2.08 bits per heavy atom. The molecule has 138 valence electrons. The van der Waals surface area contributed by atoms with E-state index in [0.717, 1.165) is 49.5 Å². The topological polar surface area (TPSA) is 68.7 Å². The molecule has 1 amide bonds. The van der Waals surface area contributed by atoms with E-state index in [-0.39, 0.29) is 17.2 Å². The number of anilines is 1. The minimum Gasteiger partial charge on any atom is -0.507 e. The van der Waals surface area contributed by atoms with Crippen LogP contribution in [0.1, 0.15) is 27.9 Å². The third-order valence-corrected chi connectivity index (χ3v) is 4.72. The molecule has 1 aliphatic rings. The monoisotopic (exact) mass is 354 g/mol. The van der Waals surface area contributed by atoms with Gasteiger partial charge in [-0.2, -0.15) is 0 Å². The summed E-state index contributed by atoms with van der Waals surface area (Å²) < 4.78 is 0. The molecule has 26 heavy (non-hydrogen) atoms. The van der Waals surface area contributed by atoms with Gasteiger partial charge in [0, 0.05) is 37.9 Å². The Bertz CT molecular complexity index is 778. The number of rotatable bonds is 4. The lowest BCUT2D eigenvalue weighted by atomic mass is 10.1. The molecule has 0 saturated carbocycles. The molecule has 2 aromatic rings. The van der Waals surface area contributed by atoms with Crippen molar-refractivity contribution in [2.75, 3.05) is 38.1 Å². The first-order valence-corrected chi connectivity index (χ1v) is 9.00. The summed E-state index contributed by atoms with van der Waals surface area (Å²) in [5.74, 6) is 0.647. The highest BCUT2D eigenvalue weighted by Gasteiger charge is 2.17. The molecule has 2 heterocycles. The van der Waals surface area contributed by atoms with Crippen LogP contribution in [-0.4, -0.2) is 54.1 Å². The van der Waals surface area contributed by atoms with Gasteiger partial charge in [-0.25, -0.2) is 4.98 Å².